The SMILES string of the molecule is COc1ccc(/C=C2\Oc3ccc(O)c(OC)c3-c3ccc4c(c32)C(C)=CC(C)(C)N4)cc1C. The van der Waals surface area contributed by atoms with Crippen LogP contribution in [0, 0.1) is 6.92 Å². The number of hydrogen-bond donors (Lipinski definition) is 2. The highest BCUT2D eigenvalue weighted by Crippen LogP contribution is 2.54. The molecule has 5 heteroatoms. The summed E-state index contributed by atoms with van der Waals surface area (Å²) in [5, 5.41) is 14.1. The van der Waals surface area contributed by atoms with Gasteiger partial charge in [-0.25, -0.2) is 0 Å². The van der Waals surface area contributed by atoms with Crippen LogP contribution in [0.15, 0.2) is 48.5 Å². The second-order valence-electron chi connectivity index (χ2n) is 9.42. The molecule has 0 amide bonds. The average molecular weight is 456 g/mol. The van der Waals surface area contributed by atoms with Crippen molar-refractivity contribution in [2.24, 2.45) is 0 Å². The Balaban J connectivity index is 1.80. The number of nitrogens with one attached hydrogen (secondary N) is 1. The van der Waals surface area contributed by atoms with E-state index in [1.807, 2.05) is 19.1 Å². The third-order valence-electron chi connectivity index (χ3n) is 6.39. The minimum Gasteiger partial charge on any atom is -0.504 e. The van der Waals surface area contributed by atoms with Gasteiger partial charge in [-0.1, -0.05) is 18.2 Å². The molecule has 0 aliphatic carbocycles. The molecule has 2 N–H and O–H groups in total. The molecule has 2 heterocycles. The Hall–Kier alpha value is -3.86. The molecule has 0 saturated heterocycles. The highest BCUT2D eigenvalue weighted by molar-refractivity contribution is 6.02. The van der Waals surface area contributed by atoms with Crippen LogP contribution in [-0.2, 0) is 0 Å². The van der Waals surface area contributed by atoms with E-state index in [0.29, 0.717) is 11.5 Å². The van der Waals surface area contributed by atoms with Crippen molar-refractivity contribution >= 4 is 23.1 Å². The van der Waals surface area contributed by atoms with Gasteiger partial charge in [0.15, 0.2) is 11.5 Å². The van der Waals surface area contributed by atoms with Crippen molar-refractivity contribution in [3.63, 3.8) is 0 Å². The van der Waals surface area contributed by atoms with E-state index in [-0.39, 0.29) is 11.3 Å². The minimum atomic E-state index is -0.161. The summed E-state index contributed by atoms with van der Waals surface area (Å²) in [4.78, 5) is 0. The summed E-state index contributed by atoms with van der Waals surface area (Å²) in [5.41, 5.74) is 7.88. The number of phenolic OH excluding ortho intramolecular Hbond substituents is 1. The largest absolute Gasteiger partial charge is 0.504 e. The summed E-state index contributed by atoms with van der Waals surface area (Å²) in [7, 11) is 3.24. The van der Waals surface area contributed by atoms with Crippen molar-refractivity contribution < 1.29 is 19.3 Å². The second kappa shape index (κ2) is 7.87. The highest BCUT2D eigenvalue weighted by Gasteiger charge is 2.33. The fourth-order valence-electron chi connectivity index (χ4n) is 5.09. The van der Waals surface area contributed by atoms with Gasteiger partial charge in [-0.3, -0.25) is 0 Å². The van der Waals surface area contributed by atoms with Gasteiger partial charge in [0.1, 0.15) is 17.3 Å². The zero-order valence-electron chi connectivity index (χ0n) is 20.4. The summed E-state index contributed by atoms with van der Waals surface area (Å²) in [6.07, 6.45) is 4.29. The summed E-state index contributed by atoms with van der Waals surface area (Å²) < 4.78 is 17.5. The van der Waals surface area contributed by atoms with Gasteiger partial charge in [0, 0.05) is 22.4 Å². The van der Waals surface area contributed by atoms with Crippen LogP contribution >= 0.6 is 0 Å². The molecule has 3 aromatic carbocycles. The Morgan fingerprint density at radius 2 is 1.74 bits per heavy atom. The number of fused-ring (bicyclic) bond motifs is 5. The number of methoxy groups -OCH3 is 2. The number of aryl methyl sites for hydroxylation is 1. The van der Waals surface area contributed by atoms with Crippen LogP contribution in [-0.4, -0.2) is 24.9 Å². The van der Waals surface area contributed by atoms with E-state index >= 15 is 0 Å². The van der Waals surface area contributed by atoms with Gasteiger partial charge < -0.3 is 24.6 Å². The normalized spacial score (nSPS) is 16.4. The Bertz CT molecular complexity index is 1380. The van der Waals surface area contributed by atoms with Crippen LogP contribution in [0.3, 0.4) is 0 Å². The monoisotopic (exact) mass is 455 g/mol. The Kier molecular flexibility index (Phi) is 5.08. The van der Waals surface area contributed by atoms with E-state index in [2.05, 4.69) is 56.4 Å². The first-order valence-corrected chi connectivity index (χ1v) is 11.3. The fourth-order valence-corrected chi connectivity index (χ4v) is 5.09. The molecule has 0 radical (unpaired) electrons. The summed E-state index contributed by atoms with van der Waals surface area (Å²) >= 11 is 0. The molecule has 3 aromatic rings. The predicted molar refractivity (Wildman–Crippen MR) is 138 cm³/mol. The second-order valence-corrected chi connectivity index (χ2v) is 9.42. The van der Waals surface area contributed by atoms with E-state index in [0.717, 1.165) is 50.6 Å². The minimum absolute atomic E-state index is 0.0817. The van der Waals surface area contributed by atoms with Crippen molar-refractivity contribution in [2.45, 2.75) is 33.2 Å². The van der Waals surface area contributed by atoms with Crippen LogP contribution in [0.4, 0.5) is 5.69 Å². The van der Waals surface area contributed by atoms with Gasteiger partial charge in [-0.05, 0) is 80.8 Å². The topological polar surface area (TPSA) is 60.0 Å². The molecule has 5 nitrogen and oxygen atoms in total. The molecule has 0 fully saturated rings. The Labute approximate surface area is 200 Å². The molecule has 0 spiro atoms. The third-order valence-corrected chi connectivity index (χ3v) is 6.39. The van der Waals surface area contributed by atoms with Crippen LogP contribution < -0.4 is 19.5 Å². The summed E-state index contributed by atoms with van der Waals surface area (Å²) in [5.74, 6) is 2.72. The number of hydrogen-bond acceptors (Lipinski definition) is 5. The van der Waals surface area contributed by atoms with E-state index in [1.165, 1.54) is 5.57 Å². The average Bonchev–Trinajstić information content (AvgIpc) is 2.78. The molecule has 0 atom stereocenters. The van der Waals surface area contributed by atoms with Crippen molar-refractivity contribution in [1.82, 2.24) is 0 Å². The van der Waals surface area contributed by atoms with Crippen molar-refractivity contribution in [1.29, 1.82) is 0 Å². The van der Waals surface area contributed by atoms with Crippen LogP contribution in [0.5, 0.6) is 23.0 Å². The van der Waals surface area contributed by atoms with Crippen LogP contribution in [0.1, 0.15) is 43.0 Å². The van der Waals surface area contributed by atoms with E-state index < -0.39 is 0 Å². The van der Waals surface area contributed by atoms with E-state index in [1.54, 1.807) is 26.4 Å². The maximum atomic E-state index is 10.5. The smallest absolute Gasteiger partial charge is 0.172 e. The zero-order valence-corrected chi connectivity index (χ0v) is 20.4. The van der Waals surface area contributed by atoms with Gasteiger partial charge >= 0.3 is 0 Å². The standard InChI is InChI=1S/C29H29NO4/c1-16-13-18(7-11-22(16)32-5)14-24-26-19(27-23(34-24)12-10-21(31)28(27)33-6)8-9-20-25(26)17(2)15-29(3,4)30-20/h7-15,30-31H,1-6H3/b24-14-. The lowest BCUT2D eigenvalue weighted by Crippen LogP contribution is -2.32. The van der Waals surface area contributed by atoms with Gasteiger partial charge in [-0.2, -0.15) is 0 Å². The molecule has 34 heavy (non-hydrogen) atoms. The molecule has 5 rings (SSSR count). The first-order valence-electron chi connectivity index (χ1n) is 11.3. The van der Waals surface area contributed by atoms with Gasteiger partial charge in [-0.15, -0.1) is 0 Å². The molecule has 2 aliphatic rings. The van der Waals surface area contributed by atoms with Gasteiger partial charge in [0.05, 0.1) is 25.3 Å². The third kappa shape index (κ3) is 3.48. The molecule has 0 unspecified atom stereocenters. The zero-order chi connectivity index (χ0) is 24.2. The molecular weight excluding hydrogens is 426 g/mol. The van der Waals surface area contributed by atoms with Gasteiger partial charge in [0.2, 0.25) is 0 Å². The first kappa shape index (κ1) is 22.0. The lowest BCUT2D eigenvalue weighted by Gasteiger charge is -2.35. The van der Waals surface area contributed by atoms with E-state index in [4.69, 9.17) is 14.2 Å². The molecule has 0 saturated carbocycles. The maximum absolute atomic E-state index is 10.5. The lowest BCUT2D eigenvalue weighted by atomic mass is 9.82. The number of ether oxygens (including phenoxy) is 3. The Morgan fingerprint density at radius 3 is 2.44 bits per heavy atom. The molecule has 2 aliphatic heterocycles. The number of aromatic hydroxyl groups is 1. The molecule has 174 valence electrons. The molecular formula is C29H29NO4. The number of allylic oxidation sites excluding steroid dienone is 1. The molecule has 0 aromatic heterocycles. The summed E-state index contributed by atoms with van der Waals surface area (Å²) in [6.45, 7) is 8.47. The van der Waals surface area contributed by atoms with Gasteiger partial charge in [0.25, 0.3) is 0 Å². The summed E-state index contributed by atoms with van der Waals surface area (Å²) in [6, 6.07) is 13.6. The first-order chi connectivity index (χ1) is 16.2. The van der Waals surface area contributed by atoms with Crippen LogP contribution in [0.2, 0.25) is 0 Å². The highest BCUT2D eigenvalue weighted by atomic mass is 16.5. The number of benzene rings is 3. The quantitative estimate of drug-likeness (QED) is 0.451. The lowest BCUT2D eigenvalue weighted by molar-refractivity contribution is 0.371. The van der Waals surface area contributed by atoms with Crippen molar-refractivity contribution in [2.75, 3.05) is 19.5 Å². The fraction of sp³-hybridized carbons (Fsp3) is 0.241. The van der Waals surface area contributed by atoms with Crippen LogP contribution in [0.25, 0.3) is 28.5 Å². The predicted octanol–water partition coefficient (Wildman–Crippen LogP) is 6.88. The molecule has 0 bridgehead atoms. The number of rotatable bonds is 3. The number of anilines is 1. The number of phenols is 1. The van der Waals surface area contributed by atoms with Crippen molar-refractivity contribution in [3.8, 4) is 34.1 Å². The van der Waals surface area contributed by atoms with E-state index in [9.17, 15) is 5.11 Å². The Morgan fingerprint density at radius 1 is 0.941 bits per heavy atom. The van der Waals surface area contributed by atoms with Crippen molar-refractivity contribution in [3.05, 3.63) is 70.8 Å². The maximum Gasteiger partial charge on any atom is 0.172 e.